The van der Waals surface area contributed by atoms with E-state index in [9.17, 15) is 0 Å². The first-order valence-electron chi connectivity index (χ1n) is 8.46. The van der Waals surface area contributed by atoms with Crippen LogP contribution in [0.5, 0.6) is 0 Å². The lowest BCUT2D eigenvalue weighted by Crippen LogP contribution is -2.26. The quantitative estimate of drug-likeness (QED) is 0.588. The molecule has 0 aromatic rings. The molecule has 0 heterocycles. The highest BCUT2D eigenvalue weighted by molar-refractivity contribution is 4.78. The van der Waals surface area contributed by atoms with Crippen molar-refractivity contribution in [3.63, 3.8) is 0 Å². The molecule has 0 radical (unpaired) electrons. The van der Waals surface area contributed by atoms with Gasteiger partial charge in [0.15, 0.2) is 0 Å². The standard InChI is InChI=1S/C17H35NO/c1-4-13-18-14-7-5-6-8-15-19-16-9-11-17(2,3)12-10-16/h16,18H,4-15H2,1-3H3. The van der Waals surface area contributed by atoms with Crippen LogP contribution in [-0.2, 0) is 4.74 Å². The predicted octanol–water partition coefficient (Wildman–Crippen LogP) is 4.53. The molecule has 1 fully saturated rings. The highest BCUT2D eigenvalue weighted by Crippen LogP contribution is 2.36. The molecule has 0 amide bonds. The van der Waals surface area contributed by atoms with Gasteiger partial charge >= 0.3 is 0 Å². The largest absolute Gasteiger partial charge is 0.378 e. The Bertz CT molecular complexity index is 205. The van der Waals surface area contributed by atoms with Crippen LogP contribution in [0.1, 0.15) is 78.6 Å². The minimum absolute atomic E-state index is 0.555. The van der Waals surface area contributed by atoms with E-state index in [-0.39, 0.29) is 0 Å². The predicted molar refractivity (Wildman–Crippen MR) is 83.6 cm³/mol. The van der Waals surface area contributed by atoms with Crippen molar-refractivity contribution in [2.24, 2.45) is 5.41 Å². The van der Waals surface area contributed by atoms with Crippen LogP contribution in [0.25, 0.3) is 0 Å². The van der Waals surface area contributed by atoms with Crippen LogP contribution in [0.15, 0.2) is 0 Å². The second-order valence-corrected chi connectivity index (χ2v) is 6.90. The molecule has 0 aromatic carbocycles. The maximum Gasteiger partial charge on any atom is 0.0575 e. The van der Waals surface area contributed by atoms with E-state index < -0.39 is 0 Å². The van der Waals surface area contributed by atoms with Crippen molar-refractivity contribution in [2.75, 3.05) is 19.7 Å². The second-order valence-electron chi connectivity index (χ2n) is 6.90. The van der Waals surface area contributed by atoms with Gasteiger partial charge in [-0.15, -0.1) is 0 Å². The Morgan fingerprint density at radius 2 is 1.68 bits per heavy atom. The molecule has 1 N–H and O–H groups in total. The zero-order valence-electron chi connectivity index (χ0n) is 13.5. The molecule has 0 atom stereocenters. The van der Waals surface area contributed by atoms with Crippen LogP contribution in [0.2, 0.25) is 0 Å². The van der Waals surface area contributed by atoms with Crippen LogP contribution in [0, 0.1) is 5.41 Å². The molecule has 0 aliphatic heterocycles. The van der Waals surface area contributed by atoms with E-state index in [0.29, 0.717) is 11.5 Å². The summed E-state index contributed by atoms with van der Waals surface area (Å²) < 4.78 is 6.01. The number of hydrogen-bond acceptors (Lipinski definition) is 2. The van der Waals surface area contributed by atoms with E-state index in [0.717, 1.165) is 6.61 Å². The molecule has 1 saturated carbocycles. The van der Waals surface area contributed by atoms with Crippen LogP contribution in [0.4, 0.5) is 0 Å². The lowest BCUT2D eigenvalue weighted by molar-refractivity contribution is 0.00274. The monoisotopic (exact) mass is 269 g/mol. The van der Waals surface area contributed by atoms with Gasteiger partial charge in [-0.25, -0.2) is 0 Å². The summed E-state index contributed by atoms with van der Waals surface area (Å²) in [6.45, 7) is 10.3. The topological polar surface area (TPSA) is 21.3 Å². The van der Waals surface area contributed by atoms with Gasteiger partial charge in [-0.3, -0.25) is 0 Å². The number of unbranched alkanes of at least 4 members (excludes halogenated alkanes) is 3. The van der Waals surface area contributed by atoms with E-state index in [2.05, 4.69) is 26.1 Å². The fraction of sp³-hybridized carbons (Fsp3) is 1.00. The van der Waals surface area contributed by atoms with Crippen molar-refractivity contribution in [3.8, 4) is 0 Å². The Morgan fingerprint density at radius 1 is 1.00 bits per heavy atom. The first-order chi connectivity index (χ1) is 9.14. The van der Waals surface area contributed by atoms with E-state index in [4.69, 9.17) is 4.74 Å². The average Bonchev–Trinajstić information content (AvgIpc) is 2.38. The molecule has 19 heavy (non-hydrogen) atoms. The van der Waals surface area contributed by atoms with E-state index >= 15 is 0 Å². The van der Waals surface area contributed by atoms with Gasteiger partial charge in [0.2, 0.25) is 0 Å². The molecule has 0 unspecified atom stereocenters. The van der Waals surface area contributed by atoms with Crippen LogP contribution < -0.4 is 5.32 Å². The third-order valence-electron chi connectivity index (χ3n) is 4.31. The fourth-order valence-electron chi connectivity index (χ4n) is 2.80. The lowest BCUT2D eigenvalue weighted by Gasteiger charge is -2.34. The van der Waals surface area contributed by atoms with Gasteiger partial charge < -0.3 is 10.1 Å². The second kappa shape index (κ2) is 9.77. The van der Waals surface area contributed by atoms with Gasteiger partial charge in [0.1, 0.15) is 0 Å². The van der Waals surface area contributed by atoms with Gasteiger partial charge in [0, 0.05) is 6.61 Å². The molecule has 2 nitrogen and oxygen atoms in total. The van der Waals surface area contributed by atoms with Gasteiger partial charge in [-0.2, -0.15) is 0 Å². The van der Waals surface area contributed by atoms with Crippen molar-refractivity contribution < 1.29 is 4.74 Å². The SMILES string of the molecule is CCCNCCCCCCOC1CCC(C)(C)CC1. The van der Waals surface area contributed by atoms with Gasteiger partial charge in [0.05, 0.1) is 6.10 Å². The molecule has 114 valence electrons. The summed E-state index contributed by atoms with van der Waals surface area (Å²) in [5, 5.41) is 3.45. The lowest BCUT2D eigenvalue weighted by atomic mass is 9.76. The van der Waals surface area contributed by atoms with E-state index in [1.807, 2.05) is 0 Å². The highest BCUT2D eigenvalue weighted by Gasteiger charge is 2.26. The van der Waals surface area contributed by atoms with Gasteiger partial charge in [0.25, 0.3) is 0 Å². The fourth-order valence-corrected chi connectivity index (χ4v) is 2.80. The summed E-state index contributed by atoms with van der Waals surface area (Å²) in [6, 6.07) is 0. The number of hydrogen-bond donors (Lipinski definition) is 1. The summed E-state index contributed by atoms with van der Waals surface area (Å²) in [7, 11) is 0. The number of rotatable bonds is 10. The molecule has 1 rings (SSSR count). The van der Waals surface area contributed by atoms with Gasteiger partial charge in [-0.05, 0) is 63.5 Å². The van der Waals surface area contributed by atoms with Gasteiger partial charge in [-0.1, -0.05) is 33.6 Å². The Balaban J connectivity index is 1.84. The molecule has 0 aromatic heterocycles. The van der Waals surface area contributed by atoms with Crippen LogP contribution in [-0.4, -0.2) is 25.8 Å². The maximum absolute atomic E-state index is 6.01. The summed E-state index contributed by atoms with van der Waals surface area (Å²) in [6.07, 6.45) is 12.2. The average molecular weight is 269 g/mol. The van der Waals surface area contributed by atoms with Crippen molar-refractivity contribution in [1.29, 1.82) is 0 Å². The first kappa shape index (κ1) is 17.0. The smallest absolute Gasteiger partial charge is 0.0575 e. The summed E-state index contributed by atoms with van der Waals surface area (Å²) in [5.74, 6) is 0. The van der Waals surface area contributed by atoms with Crippen molar-refractivity contribution >= 4 is 0 Å². The minimum atomic E-state index is 0.555. The molecule has 1 aliphatic rings. The Morgan fingerprint density at radius 3 is 2.37 bits per heavy atom. The van der Waals surface area contributed by atoms with E-state index in [1.54, 1.807) is 0 Å². The summed E-state index contributed by atoms with van der Waals surface area (Å²) in [4.78, 5) is 0. The highest BCUT2D eigenvalue weighted by atomic mass is 16.5. The number of nitrogens with one attached hydrogen (secondary N) is 1. The minimum Gasteiger partial charge on any atom is -0.378 e. The molecule has 2 heteroatoms. The Labute approximate surface area is 120 Å². The molecule has 1 aliphatic carbocycles. The summed E-state index contributed by atoms with van der Waals surface area (Å²) in [5.41, 5.74) is 0.561. The molecule has 0 spiro atoms. The van der Waals surface area contributed by atoms with Crippen molar-refractivity contribution in [1.82, 2.24) is 5.32 Å². The van der Waals surface area contributed by atoms with Crippen LogP contribution in [0.3, 0.4) is 0 Å². The van der Waals surface area contributed by atoms with Crippen molar-refractivity contribution in [2.45, 2.75) is 84.7 Å². The van der Waals surface area contributed by atoms with E-state index in [1.165, 1.54) is 70.9 Å². The third-order valence-corrected chi connectivity index (χ3v) is 4.31. The first-order valence-corrected chi connectivity index (χ1v) is 8.46. The molecule has 0 bridgehead atoms. The Hall–Kier alpha value is -0.0800. The molecule has 0 saturated heterocycles. The van der Waals surface area contributed by atoms with Crippen molar-refractivity contribution in [3.05, 3.63) is 0 Å². The summed E-state index contributed by atoms with van der Waals surface area (Å²) >= 11 is 0. The molecular weight excluding hydrogens is 234 g/mol. The zero-order valence-corrected chi connectivity index (χ0v) is 13.5. The Kier molecular flexibility index (Phi) is 8.72. The number of ether oxygens (including phenoxy) is 1. The third kappa shape index (κ3) is 8.65. The maximum atomic E-state index is 6.01. The molecular formula is C17H35NO. The normalized spacial score (nSPS) is 19.7. The van der Waals surface area contributed by atoms with Crippen LogP contribution >= 0.6 is 0 Å². The zero-order chi connectivity index (χ0) is 14.0.